The number of ether oxygens (including phenoxy) is 2. The van der Waals surface area contributed by atoms with Gasteiger partial charge in [0.1, 0.15) is 5.60 Å². The molecule has 0 aromatic carbocycles. The number of hydrogen-bond acceptors (Lipinski definition) is 7. The van der Waals surface area contributed by atoms with Crippen LogP contribution in [0.2, 0.25) is 0 Å². The van der Waals surface area contributed by atoms with Crippen LogP contribution in [-0.4, -0.2) is 46.9 Å². The van der Waals surface area contributed by atoms with Crippen LogP contribution in [0.4, 0.5) is 4.79 Å². The van der Waals surface area contributed by atoms with Crippen molar-refractivity contribution in [3.05, 3.63) is 16.0 Å². The molecule has 0 fully saturated rings. The van der Waals surface area contributed by atoms with Crippen LogP contribution in [-0.2, 0) is 15.9 Å². The maximum absolute atomic E-state index is 13.1. The SMILES string of the molecule is CCOC(=O)c1c(SC)sc2c1CC(C)(C)N(C(=O)OC(C)(C)C)C2=O. The average molecular weight is 400 g/mol. The van der Waals surface area contributed by atoms with E-state index in [2.05, 4.69) is 0 Å². The number of fused-ring (bicyclic) bond motifs is 1. The standard InChI is InChI=1S/C18H25NO5S2/c1-8-23-14(21)11-10-9-18(5,6)19(16(22)24-17(2,3)4)13(20)12(10)26-15(11)25-7/h8-9H2,1-7H3. The third-order valence-electron chi connectivity index (χ3n) is 3.83. The van der Waals surface area contributed by atoms with Gasteiger partial charge in [-0.2, -0.15) is 0 Å². The van der Waals surface area contributed by atoms with Gasteiger partial charge in [0.15, 0.2) is 0 Å². The van der Waals surface area contributed by atoms with E-state index in [4.69, 9.17) is 9.47 Å². The lowest BCUT2D eigenvalue weighted by Gasteiger charge is -2.40. The predicted octanol–water partition coefficient (Wildman–Crippen LogP) is 4.36. The lowest BCUT2D eigenvalue weighted by molar-refractivity contribution is 0.00436. The molecule has 0 unspecified atom stereocenters. The highest BCUT2D eigenvalue weighted by atomic mass is 32.2. The Morgan fingerprint density at radius 2 is 1.92 bits per heavy atom. The van der Waals surface area contributed by atoms with Crippen LogP contribution in [0.15, 0.2) is 4.21 Å². The quantitative estimate of drug-likeness (QED) is 0.555. The zero-order chi connectivity index (χ0) is 19.9. The highest BCUT2D eigenvalue weighted by Crippen LogP contribution is 2.43. The van der Waals surface area contributed by atoms with Crippen LogP contribution in [0.3, 0.4) is 0 Å². The topological polar surface area (TPSA) is 72.9 Å². The van der Waals surface area contributed by atoms with E-state index in [1.54, 1.807) is 41.5 Å². The second kappa shape index (κ2) is 7.23. The van der Waals surface area contributed by atoms with Gasteiger partial charge < -0.3 is 9.47 Å². The van der Waals surface area contributed by atoms with Crippen LogP contribution < -0.4 is 0 Å². The number of thioether (sulfide) groups is 1. The molecule has 1 aromatic heterocycles. The zero-order valence-corrected chi connectivity index (χ0v) is 17.9. The lowest BCUT2D eigenvalue weighted by atomic mass is 9.87. The van der Waals surface area contributed by atoms with Gasteiger partial charge in [-0.25, -0.2) is 14.5 Å². The Kier molecular flexibility index (Phi) is 5.77. The second-order valence-corrected chi connectivity index (χ2v) is 9.70. The Balaban J connectivity index is 2.52. The minimum Gasteiger partial charge on any atom is -0.462 e. The predicted molar refractivity (Wildman–Crippen MR) is 102 cm³/mol. The summed E-state index contributed by atoms with van der Waals surface area (Å²) in [5.41, 5.74) is -0.411. The van der Waals surface area contributed by atoms with Crippen molar-refractivity contribution in [1.29, 1.82) is 0 Å². The number of thiophene rings is 1. The number of imide groups is 1. The van der Waals surface area contributed by atoms with Gasteiger partial charge in [-0.15, -0.1) is 23.1 Å². The molecule has 8 heteroatoms. The fourth-order valence-corrected chi connectivity index (χ4v) is 4.83. The maximum atomic E-state index is 13.1. The van der Waals surface area contributed by atoms with Crippen molar-refractivity contribution >= 4 is 41.1 Å². The molecule has 6 nitrogen and oxygen atoms in total. The number of amides is 2. The Bertz CT molecular complexity index is 745. The largest absolute Gasteiger partial charge is 0.462 e. The van der Waals surface area contributed by atoms with E-state index in [0.29, 0.717) is 22.4 Å². The number of rotatable bonds is 3. The summed E-state index contributed by atoms with van der Waals surface area (Å²) in [7, 11) is 0. The molecule has 1 aromatic rings. The molecule has 1 aliphatic heterocycles. The normalized spacial score (nSPS) is 16.3. The van der Waals surface area contributed by atoms with Gasteiger partial charge in [0.05, 0.1) is 26.8 Å². The van der Waals surface area contributed by atoms with E-state index in [0.717, 1.165) is 9.11 Å². The Morgan fingerprint density at radius 3 is 2.42 bits per heavy atom. The minimum atomic E-state index is -0.815. The molecule has 0 saturated heterocycles. The molecular weight excluding hydrogens is 374 g/mol. The molecule has 26 heavy (non-hydrogen) atoms. The van der Waals surface area contributed by atoms with E-state index in [9.17, 15) is 14.4 Å². The van der Waals surface area contributed by atoms with Gasteiger partial charge >= 0.3 is 12.1 Å². The van der Waals surface area contributed by atoms with Gasteiger partial charge in [0.25, 0.3) is 5.91 Å². The van der Waals surface area contributed by atoms with Gasteiger partial charge in [0.2, 0.25) is 0 Å². The molecule has 0 radical (unpaired) electrons. The molecule has 2 rings (SSSR count). The fourth-order valence-electron chi connectivity index (χ4n) is 2.86. The third-order valence-corrected chi connectivity index (χ3v) is 6.17. The van der Waals surface area contributed by atoms with Crippen LogP contribution in [0, 0.1) is 0 Å². The van der Waals surface area contributed by atoms with Crippen LogP contribution in [0.5, 0.6) is 0 Å². The molecule has 0 atom stereocenters. The summed E-state index contributed by atoms with van der Waals surface area (Å²) in [6, 6.07) is 0. The van der Waals surface area contributed by atoms with Gasteiger partial charge in [-0.1, -0.05) is 0 Å². The van der Waals surface area contributed by atoms with Crippen molar-refractivity contribution in [2.75, 3.05) is 12.9 Å². The smallest absolute Gasteiger partial charge is 0.417 e. The first-order chi connectivity index (χ1) is 11.9. The molecule has 0 N–H and O–H groups in total. The van der Waals surface area contributed by atoms with Crippen molar-refractivity contribution in [1.82, 2.24) is 4.90 Å². The first-order valence-corrected chi connectivity index (χ1v) is 10.4. The first kappa shape index (κ1) is 20.8. The summed E-state index contributed by atoms with van der Waals surface area (Å²) in [5.74, 6) is -0.856. The fraction of sp³-hybridized carbons (Fsp3) is 0.611. The number of carbonyl (C=O) groups excluding carboxylic acids is 3. The van der Waals surface area contributed by atoms with Gasteiger partial charge in [-0.3, -0.25) is 4.79 Å². The number of carbonyl (C=O) groups is 3. The highest BCUT2D eigenvalue weighted by molar-refractivity contribution is 8.00. The molecule has 144 valence electrons. The monoisotopic (exact) mass is 399 g/mol. The minimum absolute atomic E-state index is 0.263. The van der Waals surface area contributed by atoms with Crippen molar-refractivity contribution in [3.63, 3.8) is 0 Å². The van der Waals surface area contributed by atoms with E-state index in [1.807, 2.05) is 6.26 Å². The number of nitrogens with zero attached hydrogens (tertiary/aromatic N) is 1. The molecule has 0 aliphatic carbocycles. The lowest BCUT2D eigenvalue weighted by Crippen LogP contribution is -2.56. The van der Waals surface area contributed by atoms with Crippen LogP contribution >= 0.6 is 23.1 Å². The first-order valence-electron chi connectivity index (χ1n) is 8.37. The van der Waals surface area contributed by atoms with Crippen molar-refractivity contribution in [2.24, 2.45) is 0 Å². The maximum Gasteiger partial charge on any atom is 0.417 e. The zero-order valence-electron chi connectivity index (χ0n) is 16.2. The number of esters is 1. The van der Waals surface area contributed by atoms with Gasteiger partial charge in [-0.05, 0) is 59.8 Å². The third kappa shape index (κ3) is 3.91. The van der Waals surface area contributed by atoms with E-state index >= 15 is 0 Å². The van der Waals surface area contributed by atoms with Crippen LogP contribution in [0.1, 0.15) is 67.1 Å². The van der Waals surface area contributed by atoms with Crippen LogP contribution in [0.25, 0.3) is 0 Å². The Morgan fingerprint density at radius 1 is 1.31 bits per heavy atom. The summed E-state index contributed by atoms with van der Waals surface area (Å²) in [6.07, 6.45) is 1.55. The van der Waals surface area contributed by atoms with Crippen molar-refractivity contribution in [2.45, 2.75) is 63.3 Å². The summed E-state index contributed by atoms with van der Waals surface area (Å²) in [4.78, 5) is 39.7. The summed E-state index contributed by atoms with van der Waals surface area (Å²) >= 11 is 2.62. The average Bonchev–Trinajstić information content (AvgIpc) is 2.82. The molecular formula is C18H25NO5S2. The summed E-state index contributed by atoms with van der Waals surface area (Å²) in [5, 5.41) is 0. The van der Waals surface area contributed by atoms with E-state index in [-0.39, 0.29) is 6.61 Å². The Hall–Kier alpha value is -1.54. The second-order valence-electron chi connectivity index (χ2n) is 7.61. The molecule has 0 spiro atoms. The Labute approximate surface area is 162 Å². The van der Waals surface area contributed by atoms with E-state index in [1.165, 1.54) is 23.1 Å². The summed E-state index contributed by atoms with van der Waals surface area (Å²) < 4.78 is 11.3. The molecule has 2 amide bonds. The molecule has 0 saturated carbocycles. The molecule has 0 bridgehead atoms. The van der Waals surface area contributed by atoms with E-state index < -0.39 is 29.1 Å². The molecule has 1 aliphatic rings. The summed E-state index contributed by atoms with van der Waals surface area (Å²) in [6.45, 7) is 10.9. The van der Waals surface area contributed by atoms with Crippen molar-refractivity contribution < 1.29 is 23.9 Å². The van der Waals surface area contributed by atoms with Crippen molar-refractivity contribution in [3.8, 4) is 0 Å². The van der Waals surface area contributed by atoms with Gasteiger partial charge in [0, 0.05) is 0 Å². The molecule has 2 heterocycles. The highest BCUT2D eigenvalue weighted by Gasteiger charge is 2.47. The number of hydrogen-bond donors (Lipinski definition) is 0.